The lowest BCUT2D eigenvalue weighted by Crippen LogP contribution is -2.38. The number of aliphatic hydroxyl groups is 1. The lowest BCUT2D eigenvalue weighted by molar-refractivity contribution is -0.0992. The Hall–Kier alpha value is -2.88. The van der Waals surface area contributed by atoms with E-state index in [9.17, 15) is 19.1 Å². The fourth-order valence-electron chi connectivity index (χ4n) is 3.60. The first-order valence-electron chi connectivity index (χ1n) is 8.39. The molecule has 0 radical (unpaired) electrons. The van der Waals surface area contributed by atoms with Gasteiger partial charge in [0, 0.05) is 6.08 Å². The average molecular weight is 371 g/mol. The highest BCUT2D eigenvalue weighted by Crippen LogP contribution is 2.37. The molecule has 3 atom stereocenters. The molecule has 0 amide bonds. The van der Waals surface area contributed by atoms with Gasteiger partial charge in [0.15, 0.2) is 6.23 Å². The monoisotopic (exact) mass is 371 g/mol. The molecule has 138 valence electrons. The molecule has 9 heteroatoms. The van der Waals surface area contributed by atoms with Crippen LogP contribution in [-0.2, 0) is 16.1 Å². The third-order valence-corrected chi connectivity index (χ3v) is 4.85. The van der Waals surface area contributed by atoms with Crippen molar-refractivity contribution >= 4 is 17.3 Å². The van der Waals surface area contributed by atoms with Crippen LogP contribution >= 0.6 is 0 Å². The van der Waals surface area contributed by atoms with Crippen molar-refractivity contribution in [2.24, 2.45) is 0 Å². The molecule has 1 aromatic carbocycles. The molecule has 5 rings (SSSR count). The molecule has 8 nitrogen and oxygen atoms in total. The molecule has 3 aliphatic rings. The first-order chi connectivity index (χ1) is 13.0. The summed E-state index contributed by atoms with van der Waals surface area (Å²) in [6.45, 7) is 0.102. The van der Waals surface area contributed by atoms with Gasteiger partial charge < -0.3 is 19.9 Å². The Morgan fingerprint density at radius 1 is 1.26 bits per heavy atom. The van der Waals surface area contributed by atoms with Crippen molar-refractivity contribution in [3.05, 3.63) is 59.1 Å². The van der Waals surface area contributed by atoms with E-state index in [1.807, 2.05) is 0 Å². The second-order valence-electron chi connectivity index (χ2n) is 6.52. The number of carbonyl (C=O) groups is 2. The molecule has 2 aromatic rings. The first-order valence-corrected chi connectivity index (χ1v) is 8.39. The molecule has 2 aliphatic heterocycles. The Kier molecular flexibility index (Phi) is 3.51. The second-order valence-corrected chi connectivity index (χ2v) is 6.52. The van der Waals surface area contributed by atoms with E-state index in [1.165, 1.54) is 22.8 Å². The number of benzene rings is 1. The first kappa shape index (κ1) is 16.3. The van der Waals surface area contributed by atoms with E-state index in [0.29, 0.717) is 5.82 Å². The van der Waals surface area contributed by atoms with Gasteiger partial charge in [0.1, 0.15) is 41.8 Å². The summed E-state index contributed by atoms with van der Waals surface area (Å²) in [5.74, 6) is -1.15. The number of anilines is 1. The molecular formula is C18H14FN3O5. The zero-order chi connectivity index (χ0) is 18.7. The number of hydrogen-bond acceptors (Lipinski definition) is 7. The Morgan fingerprint density at radius 3 is 2.89 bits per heavy atom. The highest BCUT2D eigenvalue weighted by molar-refractivity contribution is 6.24. The number of aromatic nitrogens is 2. The molecule has 27 heavy (non-hydrogen) atoms. The number of para-hydroxylation sites is 1. The summed E-state index contributed by atoms with van der Waals surface area (Å²) in [5.41, 5.74) is 0.0921. The highest BCUT2D eigenvalue weighted by atomic mass is 19.1. The maximum Gasteiger partial charge on any atom is 0.228 e. The van der Waals surface area contributed by atoms with Gasteiger partial charge in [0.25, 0.3) is 0 Å². The van der Waals surface area contributed by atoms with Crippen LogP contribution in [0.25, 0.3) is 0 Å². The van der Waals surface area contributed by atoms with Crippen LogP contribution in [0, 0.1) is 5.82 Å². The predicted molar refractivity (Wildman–Crippen MR) is 88.6 cm³/mol. The SMILES string of the molecule is O=C1C=C(Nc2ccccc2F)C(=O)c2c1nc1n2[C@H]2OC[C@@H](O)[C@H]2OC1. The lowest BCUT2D eigenvalue weighted by Gasteiger charge is -2.29. The molecule has 1 fully saturated rings. The Labute approximate surface area is 152 Å². The molecule has 0 unspecified atom stereocenters. The molecular weight excluding hydrogens is 357 g/mol. The molecule has 1 aromatic heterocycles. The van der Waals surface area contributed by atoms with E-state index in [-0.39, 0.29) is 36.0 Å². The molecule has 3 heterocycles. The number of imidazole rings is 1. The molecule has 0 bridgehead atoms. The number of hydrogen-bond donors (Lipinski definition) is 2. The third kappa shape index (κ3) is 2.36. The van der Waals surface area contributed by atoms with Gasteiger partial charge in [-0.2, -0.15) is 0 Å². The Balaban J connectivity index is 1.57. The van der Waals surface area contributed by atoms with Crippen LogP contribution in [0.3, 0.4) is 0 Å². The quantitative estimate of drug-likeness (QED) is 0.817. The van der Waals surface area contributed by atoms with Gasteiger partial charge in [-0.15, -0.1) is 0 Å². The van der Waals surface area contributed by atoms with Crippen molar-refractivity contribution in [2.45, 2.75) is 25.0 Å². The fourth-order valence-corrected chi connectivity index (χ4v) is 3.60. The fraction of sp³-hybridized carbons (Fsp3) is 0.278. The number of ether oxygens (including phenoxy) is 2. The lowest BCUT2D eigenvalue weighted by atomic mass is 10.0. The van der Waals surface area contributed by atoms with Crippen LogP contribution in [0.2, 0.25) is 0 Å². The Morgan fingerprint density at radius 2 is 2.07 bits per heavy atom. The minimum atomic E-state index is -0.831. The van der Waals surface area contributed by atoms with E-state index in [2.05, 4.69) is 10.3 Å². The summed E-state index contributed by atoms with van der Waals surface area (Å²) >= 11 is 0. The molecule has 1 aliphatic carbocycles. The van der Waals surface area contributed by atoms with Gasteiger partial charge in [-0.3, -0.25) is 14.2 Å². The number of aliphatic hydroxyl groups excluding tert-OH is 1. The van der Waals surface area contributed by atoms with Gasteiger partial charge >= 0.3 is 0 Å². The van der Waals surface area contributed by atoms with Crippen molar-refractivity contribution in [3.63, 3.8) is 0 Å². The highest BCUT2D eigenvalue weighted by Gasteiger charge is 2.46. The summed E-state index contributed by atoms with van der Waals surface area (Å²) in [5, 5.41) is 12.7. The van der Waals surface area contributed by atoms with Crippen LogP contribution in [-0.4, -0.2) is 45.0 Å². The summed E-state index contributed by atoms with van der Waals surface area (Å²) in [7, 11) is 0. The number of fused-ring (bicyclic) bond motifs is 5. The predicted octanol–water partition coefficient (Wildman–Crippen LogP) is 1.19. The topological polar surface area (TPSA) is 103 Å². The number of rotatable bonds is 2. The maximum absolute atomic E-state index is 13.9. The summed E-state index contributed by atoms with van der Waals surface area (Å²) in [4.78, 5) is 29.8. The van der Waals surface area contributed by atoms with Crippen LogP contribution in [0.15, 0.2) is 36.0 Å². The number of carbonyl (C=O) groups excluding carboxylic acids is 2. The summed E-state index contributed by atoms with van der Waals surface area (Å²) in [6, 6.07) is 5.86. The number of Topliss-reactive ketones (excluding diaryl/α,β-unsaturated/α-hetero) is 1. The van der Waals surface area contributed by atoms with E-state index in [4.69, 9.17) is 9.47 Å². The van der Waals surface area contributed by atoms with Crippen molar-refractivity contribution in [1.29, 1.82) is 0 Å². The zero-order valence-corrected chi connectivity index (χ0v) is 13.9. The number of allylic oxidation sites excluding steroid dienone is 2. The summed E-state index contributed by atoms with van der Waals surface area (Å²) in [6.07, 6.45) is -1.11. The number of ketones is 2. The molecule has 0 saturated carbocycles. The largest absolute Gasteiger partial charge is 0.388 e. The van der Waals surface area contributed by atoms with Crippen molar-refractivity contribution < 1.29 is 28.6 Å². The number of nitrogens with zero attached hydrogens (tertiary/aromatic N) is 2. The number of halogens is 1. The van der Waals surface area contributed by atoms with Crippen molar-refractivity contribution in [1.82, 2.24) is 9.55 Å². The molecule has 1 saturated heterocycles. The molecule has 0 spiro atoms. The van der Waals surface area contributed by atoms with E-state index >= 15 is 0 Å². The van der Waals surface area contributed by atoms with Crippen molar-refractivity contribution in [3.8, 4) is 0 Å². The van der Waals surface area contributed by atoms with Crippen LogP contribution in [0.1, 0.15) is 33.0 Å². The summed E-state index contributed by atoms with van der Waals surface area (Å²) < 4.78 is 26.6. The van der Waals surface area contributed by atoms with Crippen molar-refractivity contribution in [2.75, 3.05) is 11.9 Å². The van der Waals surface area contributed by atoms with Gasteiger partial charge in [-0.1, -0.05) is 12.1 Å². The van der Waals surface area contributed by atoms with Gasteiger partial charge in [0.2, 0.25) is 11.6 Å². The van der Waals surface area contributed by atoms with Crippen LogP contribution in [0.5, 0.6) is 0 Å². The van der Waals surface area contributed by atoms with Crippen LogP contribution in [0.4, 0.5) is 10.1 Å². The average Bonchev–Trinajstić information content (AvgIpc) is 3.22. The van der Waals surface area contributed by atoms with E-state index in [0.717, 1.165) is 6.08 Å². The minimum Gasteiger partial charge on any atom is -0.388 e. The Bertz CT molecular complexity index is 1010. The van der Waals surface area contributed by atoms with Gasteiger partial charge in [-0.25, -0.2) is 9.37 Å². The maximum atomic E-state index is 13.9. The number of nitrogens with one attached hydrogen (secondary N) is 1. The van der Waals surface area contributed by atoms with Crippen LogP contribution < -0.4 is 5.32 Å². The van der Waals surface area contributed by atoms with E-state index < -0.39 is 35.8 Å². The van der Waals surface area contributed by atoms with E-state index in [1.54, 1.807) is 6.07 Å². The van der Waals surface area contributed by atoms with Gasteiger partial charge in [0.05, 0.1) is 18.0 Å². The van der Waals surface area contributed by atoms with Gasteiger partial charge in [-0.05, 0) is 12.1 Å². The molecule has 2 N–H and O–H groups in total. The normalized spacial score (nSPS) is 26.3. The zero-order valence-electron chi connectivity index (χ0n) is 13.9. The third-order valence-electron chi connectivity index (χ3n) is 4.85. The standard InChI is InChI=1S/C18H14FN3O5/c19-8-3-1-2-4-9(8)20-10-5-11(23)14-15(16(10)25)22-13(21-14)7-26-17-12(24)6-27-18(17)22/h1-5,12,17-18,20,24H,6-7H2/t12-,17-,18+/m1/s1. The second kappa shape index (κ2) is 5.81. The minimum absolute atomic E-state index is 0.00308. The smallest absolute Gasteiger partial charge is 0.228 e.